The van der Waals surface area contributed by atoms with Gasteiger partial charge in [-0.2, -0.15) is 0 Å². The number of carbonyl (C=O) groups is 2. The molecule has 2 heterocycles. The molecule has 0 spiro atoms. The summed E-state index contributed by atoms with van der Waals surface area (Å²) in [5.74, 6) is -0.0344. The molecule has 0 saturated carbocycles. The van der Waals surface area contributed by atoms with E-state index in [0.717, 1.165) is 67.7 Å². The molecule has 0 radical (unpaired) electrons. The molecule has 8 heteroatoms. The Morgan fingerprint density at radius 3 is 2.24 bits per heavy atom. The number of likely N-dealkylation sites (tertiary alicyclic amines) is 1. The Labute approximate surface area is 244 Å². The first-order valence-corrected chi connectivity index (χ1v) is 15.4. The Bertz CT molecular complexity index is 1070. The zero-order valence-corrected chi connectivity index (χ0v) is 24.5. The normalized spacial score (nSPS) is 22.0. The van der Waals surface area contributed by atoms with Crippen molar-refractivity contribution in [3.63, 3.8) is 0 Å². The Kier molecular flexibility index (Phi) is 12.6. The minimum Gasteiger partial charge on any atom is -0.392 e. The van der Waals surface area contributed by atoms with Crippen LogP contribution in [0.3, 0.4) is 0 Å². The van der Waals surface area contributed by atoms with Crippen LogP contribution in [0.2, 0.25) is 0 Å². The molecule has 2 saturated heterocycles. The maximum absolute atomic E-state index is 12.4. The fraction of sp³-hybridized carbons (Fsp3) is 0.576. The first kappa shape index (κ1) is 31.2. The number of anilines is 1. The average Bonchev–Trinajstić information content (AvgIpc) is 2.96. The minimum atomic E-state index is -0.501. The topological polar surface area (TPSA) is 100 Å². The van der Waals surface area contributed by atoms with Gasteiger partial charge in [-0.05, 0) is 62.0 Å². The number of hydrogen-bond donors (Lipinski definition) is 3. The summed E-state index contributed by atoms with van der Waals surface area (Å²) in [5, 5.41) is 15.2. The second-order valence-corrected chi connectivity index (χ2v) is 11.4. The van der Waals surface area contributed by atoms with Crippen LogP contribution in [0.25, 0.3) is 0 Å². The zero-order chi connectivity index (χ0) is 28.9. The summed E-state index contributed by atoms with van der Waals surface area (Å²) >= 11 is 0. The quantitative estimate of drug-likeness (QED) is 0.289. The smallest absolute Gasteiger partial charge is 0.224 e. The number of nitrogens with one attached hydrogen (secondary N) is 2. The van der Waals surface area contributed by atoms with Crippen LogP contribution >= 0.6 is 0 Å². The van der Waals surface area contributed by atoms with Crippen LogP contribution in [0.4, 0.5) is 5.69 Å². The lowest BCUT2D eigenvalue weighted by Gasteiger charge is -2.38. The van der Waals surface area contributed by atoms with Crippen molar-refractivity contribution in [1.29, 1.82) is 0 Å². The lowest BCUT2D eigenvalue weighted by Crippen LogP contribution is -2.40. The highest BCUT2D eigenvalue weighted by Crippen LogP contribution is 2.38. The van der Waals surface area contributed by atoms with Gasteiger partial charge in [0, 0.05) is 44.1 Å². The van der Waals surface area contributed by atoms with Crippen LogP contribution < -0.4 is 10.6 Å². The molecule has 2 fully saturated rings. The number of ether oxygens (including phenoxy) is 2. The number of amides is 2. The molecule has 2 aromatic carbocycles. The van der Waals surface area contributed by atoms with Crippen molar-refractivity contribution < 1.29 is 24.2 Å². The van der Waals surface area contributed by atoms with E-state index in [1.54, 1.807) is 0 Å². The molecule has 3 unspecified atom stereocenters. The lowest BCUT2D eigenvalue weighted by molar-refractivity contribution is -0.253. The molecule has 3 N–H and O–H groups in total. The average molecular weight is 566 g/mol. The van der Waals surface area contributed by atoms with Crippen molar-refractivity contribution >= 4 is 17.5 Å². The van der Waals surface area contributed by atoms with Crippen molar-refractivity contribution in [2.45, 2.75) is 96.2 Å². The van der Waals surface area contributed by atoms with E-state index in [-0.39, 0.29) is 30.6 Å². The summed E-state index contributed by atoms with van der Waals surface area (Å²) in [6.45, 7) is 5.31. The van der Waals surface area contributed by atoms with Crippen LogP contribution in [0.1, 0.15) is 100 Å². The monoisotopic (exact) mass is 565 g/mol. The molecule has 2 aliphatic rings. The first-order valence-electron chi connectivity index (χ1n) is 15.4. The van der Waals surface area contributed by atoms with Gasteiger partial charge in [-0.15, -0.1) is 0 Å². The molecule has 3 atom stereocenters. The molecule has 2 aliphatic heterocycles. The van der Waals surface area contributed by atoms with Crippen LogP contribution in [0.5, 0.6) is 0 Å². The number of aliphatic hydroxyl groups is 1. The molecule has 224 valence electrons. The molecule has 0 bridgehead atoms. The predicted molar refractivity (Wildman–Crippen MR) is 160 cm³/mol. The highest BCUT2D eigenvalue weighted by molar-refractivity contribution is 5.90. The van der Waals surface area contributed by atoms with Crippen molar-refractivity contribution in [3.8, 4) is 0 Å². The summed E-state index contributed by atoms with van der Waals surface area (Å²) in [6.07, 6.45) is 9.64. The fourth-order valence-corrected chi connectivity index (χ4v) is 5.62. The van der Waals surface area contributed by atoms with Crippen molar-refractivity contribution in [2.24, 2.45) is 0 Å². The Morgan fingerprint density at radius 1 is 0.878 bits per heavy atom. The number of rotatable bonds is 12. The van der Waals surface area contributed by atoms with Crippen LogP contribution in [-0.4, -0.2) is 54.1 Å². The summed E-state index contributed by atoms with van der Waals surface area (Å²) < 4.78 is 13.0. The number of unbranched alkanes of at least 4 members (excludes halogenated alkanes) is 2. The molecule has 41 heavy (non-hydrogen) atoms. The molecule has 8 nitrogen and oxygen atoms in total. The highest BCUT2D eigenvalue weighted by Gasteiger charge is 2.33. The zero-order valence-electron chi connectivity index (χ0n) is 24.5. The predicted octanol–water partition coefficient (Wildman–Crippen LogP) is 5.63. The summed E-state index contributed by atoms with van der Waals surface area (Å²) in [7, 11) is 0. The van der Waals surface area contributed by atoms with Crippen LogP contribution in [0.15, 0.2) is 48.5 Å². The number of carbonyl (C=O) groups excluding carboxylic acids is 2. The van der Waals surface area contributed by atoms with Gasteiger partial charge in [-0.1, -0.05) is 62.1 Å². The third kappa shape index (κ3) is 10.5. The van der Waals surface area contributed by atoms with Crippen LogP contribution in [0, 0.1) is 0 Å². The van der Waals surface area contributed by atoms with Gasteiger partial charge in [0.1, 0.15) is 0 Å². The van der Waals surface area contributed by atoms with Crippen molar-refractivity contribution in [2.75, 3.05) is 31.5 Å². The van der Waals surface area contributed by atoms with E-state index in [1.807, 2.05) is 48.5 Å². The van der Waals surface area contributed by atoms with E-state index < -0.39 is 6.29 Å². The fourth-order valence-electron chi connectivity index (χ4n) is 5.62. The molecule has 2 amide bonds. The molecule has 0 aromatic heterocycles. The van der Waals surface area contributed by atoms with E-state index in [1.165, 1.54) is 39.0 Å². The third-order valence-electron chi connectivity index (χ3n) is 7.95. The standard InChI is InChI=1S/C33H47N3O5/c1-25(38)34-19-7-5-6-10-32(39)35-29-17-15-28(16-18-29)33-40-30(23-36-20-8-3-2-4-9-21-36)22-31(41-33)27-13-11-26(24-37)12-14-27/h11-18,30-31,33,37H,2-10,19-24H2,1H3,(H,34,38)(H,35,39). The van der Waals surface area contributed by atoms with E-state index in [9.17, 15) is 14.7 Å². The van der Waals surface area contributed by atoms with E-state index in [4.69, 9.17) is 9.47 Å². The summed E-state index contributed by atoms with van der Waals surface area (Å²) in [4.78, 5) is 25.9. The van der Waals surface area contributed by atoms with Gasteiger partial charge in [-0.3, -0.25) is 9.59 Å². The first-order chi connectivity index (χ1) is 20.0. The number of hydrogen-bond acceptors (Lipinski definition) is 6. The number of aliphatic hydroxyl groups excluding tert-OH is 1. The maximum atomic E-state index is 12.4. The highest BCUT2D eigenvalue weighted by atomic mass is 16.7. The third-order valence-corrected chi connectivity index (χ3v) is 7.95. The largest absolute Gasteiger partial charge is 0.392 e. The van der Waals surface area contributed by atoms with Gasteiger partial charge in [0.15, 0.2) is 6.29 Å². The molecular formula is C33H47N3O5. The SMILES string of the molecule is CC(=O)NCCCCCC(=O)Nc1ccc(C2OC(CN3CCCCCCC3)CC(c3ccc(CO)cc3)O2)cc1. The van der Waals surface area contributed by atoms with E-state index in [0.29, 0.717) is 13.0 Å². The number of nitrogens with zero attached hydrogens (tertiary/aromatic N) is 1. The van der Waals surface area contributed by atoms with Gasteiger partial charge in [0.2, 0.25) is 11.8 Å². The van der Waals surface area contributed by atoms with Gasteiger partial charge < -0.3 is 30.1 Å². The second kappa shape index (κ2) is 16.6. The van der Waals surface area contributed by atoms with Gasteiger partial charge in [-0.25, -0.2) is 0 Å². The van der Waals surface area contributed by atoms with Gasteiger partial charge in [0.25, 0.3) is 0 Å². The second-order valence-electron chi connectivity index (χ2n) is 11.4. The summed E-state index contributed by atoms with van der Waals surface area (Å²) in [6, 6.07) is 15.8. The number of benzene rings is 2. The van der Waals surface area contributed by atoms with Crippen molar-refractivity contribution in [1.82, 2.24) is 10.2 Å². The van der Waals surface area contributed by atoms with Gasteiger partial charge >= 0.3 is 0 Å². The summed E-state index contributed by atoms with van der Waals surface area (Å²) in [5.41, 5.74) is 3.66. The molecule has 0 aliphatic carbocycles. The van der Waals surface area contributed by atoms with Crippen molar-refractivity contribution in [3.05, 3.63) is 65.2 Å². The van der Waals surface area contributed by atoms with Gasteiger partial charge in [0.05, 0.1) is 18.8 Å². The minimum absolute atomic E-state index is 0.0119. The lowest BCUT2D eigenvalue weighted by atomic mass is 9.99. The maximum Gasteiger partial charge on any atom is 0.224 e. The van der Waals surface area contributed by atoms with E-state index in [2.05, 4.69) is 15.5 Å². The van der Waals surface area contributed by atoms with E-state index >= 15 is 0 Å². The molecule has 2 aromatic rings. The van der Waals surface area contributed by atoms with Crippen LogP contribution in [-0.2, 0) is 25.7 Å². The molecular weight excluding hydrogens is 518 g/mol. The Morgan fingerprint density at radius 2 is 1.56 bits per heavy atom. The molecule has 4 rings (SSSR count). The Hall–Kier alpha value is -2.78. The Balaban J connectivity index is 1.36.